The Bertz CT molecular complexity index is 666. The first-order valence-electron chi connectivity index (χ1n) is 6.61. The molecule has 2 rings (SSSR count). The largest absolute Gasteiger partial charge is 0.273 e. The number of nitrogens with zero attached hydrogens (tertiary/aromatic N) is 2. The van der Waals surface area contributed by atoms with Crippen molar-refractivity contribution in [2.24, 2.45) is 5.10 Å². The van der Waals surface area contributed by atoms with Crippen LogP contribution in [-0.2, 0) is 11.2 Å². The minimum absolute atomic E-state index is 0.148. The lowest BCUT2D eigenvalue weighted by Gasteiger charge is -2.05. The lowest BCUT2D eigenvalue weighted by atomic mass is 10.1. The summed E-state index contributed by atoms with van der Waals surface area (Å²) in [7, 11) is 0. The maximum atomic E-state index is 11.9. The molecule has 110 valence electrons. The third-order valence-corrected chi connectivity index (χ3v) is 4.25. The Kier molecular flexibility index (Phi) is 5.64. The first-order chi connectivity index (χ1) is 10.1. The first-order valence-corrected chi connectivity index (χ1v) is 8.28. The predicted octanol–water partition coefficient (Wildman–Crippen LogP) is 3.69. The maximum absolute atomic E-state index is 11.9. The SMILES string of the molecule is CC/C(=N/NC(=O)Cc1nc(C)cs1)c1cccc(Br)c1. The fraction of sp³-hybridized carbons (Fsp3) is 0.267. The van der Waals surface area contributed by atoms with E-state index in [0.717, 1.165) is 32.9 Å². The molecule has 1 heterocycles. The number of amides is 1. The Balaban J connectivity index is 2.02. The number of aryl methyl sites for hydroxylation is 1. The number of rotatable bonds is 5. The third-order valence-electron chi connectivity index (χ3n) is 2.79. The normalized spacial score (nSPS) is 11.5. The van der Waals surface area contributed by atoms with E-state index in [4.69, 9.17) is 0 Å². The second kappa shape index (κ2) is 7.47. The summed E-state index contributed by atoms with van der Waals surface area (Å²) in [5, 5.41) is 6.97. The van der Waals surface area contributed by atoms with Gasteiger partial charge in [-0.2, -0.15) is 5.10 Å². The number of carbonyl (C=O) groups excluding carboxylic acids is 1. The van der Waals surface area contributed by atoms with Gasteiger partial charge in [-0.25, -0.2) is 10.4 Å². The van der Waals surface area contributed by atoms with E-state index < -0.39 is 0 Å². The number of halogens is 1. The minimum Gasteiger partial charge on any atom is -0.273 e. The second-order valence-corrected chi connectivity index (χ2v) is 6.38. The van der Waals surface area contributed by atoms with Gasteiger partial charge in [-0.1, -0.05) is 35.0 Å². The lowest BCUT2D eigenvalue weighted by Crippen LogP contribution is -2.21. The van der Waals surface area contributed by atoms with Gasteiger partial charge in [0.05, 0.1) is 12.1 Å². The van der Waals surface area contributed by atoms with E-state index in [9.17, 15) is 4.79 Å². The Hall–Kier alpha value is -1.53. The molecule has 0 fully saturated rings. The average molecular weight is 366 g/mol. The molecule has 0 spiro atoms. The van der Waals surface area contributed by atoms with Crippen LogP contribution in [0.1, 0.15) is 29.6 Å². The minimum atomic E-state index is -0.148. The molecule has 1 N–H and O–H groups in total. The van der Waals surface area contributed by atoms with Gasteiger partial charge in [-0.15, -0.1) is 11.3 Å². The van der Waals surface area contributed by atoms with Crippen LogP contribution in [0.2, 0.25) is 0 Å². The zero-order valence-corrected chi connectivity index (χ0v) is 14.3. The Morgan fingerprint density at radius 3 is 2.90 bits per heavy atom. The van der Waals surface area contributed by atoms with Crippen molar-refractivity contribution in [3.05, 3.63) is 50.4 Å². The summed E-state index contributed by atoms with van der Waals surface area (Å²) in [5.41, 5.74) is 5.39. The molecule has 1 amide bonds. The molecule has 1 aromatic carbocycles. The van der Waals surface area contributed by atoms with Crippen LogP contribution in [0.15, 0.2) is 39.2 Å². The van der Waals surface area contributed by atoms with Gasteiger partial charge in [0.15, 0.2) is 0 Å². The van der Waals surface area contributed by atoms with E-state index in [2.05, 4.69) is 31.4 Å². The Morgan fingerprint density at radius 1 is 1.48 bits per heavy atom. The first kappa shape index (κ1) is 15.9. The molecule has 0 unspecified atom stereocenters. The van der Waals surface area contributed by atoms with Crippen LogP contribution in [0.25, 0.3) is 0 Å². The second-order valence-electron chi connectivity index (χ2n) is 4.52. The van der Waals surface area contributed by atoms with Crippen molar-refractivity contribution in [3.63, 3.8) is 0 Å². The van der Waals surface area contributed by atoms with Gasteiger partial charge in [0.2, 0.25) is 5.91 Å². The maximum Gasteiger partial charge on any atom is 0.246 e. The van der Waals surface area contributed by atoms with Crippen LogP contribution >= 0.6 is 27.3 Å². The highest BCUT2D eigenvalue weighted by Gasteiger charge is 2.07. The molecule has 0 radical (unpaired) electrons. The van der Waals surface area contributed by atoms with Gasteiger partial charge < -0.3 is 0 Å². The molecule has 4 nitrogen and oxygen atoms in total. The predicted molar refractivity (Wildman–Crippen MR) is 89.7 cm³/mol. The van der Waals surface area contributed by atoms with E-state index in [0.29, 0.717) is 0 Å². The molecule has 0 atom stereocenters. The molecule has 21 heavy (non-hydrogen) atoms. The third kappa shape index (κ3) is 4.75. The van der Waals surface area contributed by atoms with Gasteiger partial charge in [0.25, 0.3) is 0 Å². The van der Waals surface area contributed by atoms with Crippen molar-refractivity contribution in [1.29, 1.82) is 0 Å². The molecular weight excluding hydrogens is 350 g/mol. The van der Waals surface area contributed by atoms with Crippen LogP contribution in [0.4, 0.5) is 0 Å². The van der Waals surface area contributed by atoms with Crippen LogP contribution < -0.4 is 5.43 Å². The van der Waals surface area contributed by atoms with Gasteiger partial charge in [-0.3, -0.25) is 4.79 Å². The number of carbonyl (C=O) groups is 1. The smallest absolute Gasteiger partial charge is 0.246 e. The topological polar surface area (TPSA) is 54.4 Å². The molecule has 0 aliphatic heterocycles. The van der Waals surface area contributed by atoms with E-state index in [1.54, 1.807) is 0 Å². The van der Waals surface area contributed by atoms with Crippen molar-refractivity contribution < 1.29 is 4.79 Å². The number of thiazole rings is 1. The highest BCUT2D eigenvalue weighted by molar-refractivity contribution is 9.10. The van der Waals surface area contributed by atoms with Gasteiger partial charge in [0.1, 0.15) is 5.01 Å². The molecule has 0 saturated carbocycles. The number of hydrogen-bond acceptors (Lipinski definition) is 4. The Labute approximate surface area is 136 Å². The zero-order chi connectivity index (χ0) is 15.2. The lowest BCUT2D eigenvalue weighted by molar-refractivity contribution is -0.120. The van der Waals surface area contributed by atoms with Crippen LogP contribution in [0.5, 0.6) is 0 Å². The van der Waals surface area contributed by atoms with Crippen molar-refractivity contribution in [3.8, 4) is 0 Å². The summed E-state index contributed by atoms with van der Waals surface area (Å²) < 4.78 is 0.991. The van der Waals surface area contributed by atoms with E-state index in [1.165, 1.54) is 11.3 Å². The van der Waals surface area contributed by atoms with Crippen molar-refractivity contribution in [2.75, 3.05) is 0 Å². The summed E-state index contributed by atoms with van der Waals surface area (Å²) >= 11 is 4.93. The van der Waals surface area contributed by atoms with E-state index in [1.807, 2.05) is 43.5 Å². The monoisotopic (exact) mass is 365 g/mol. The molecule has 2 aromatic rings. The highest BCUT2D eigenvalue weighted by atomic mass is 79.9. The van der Waals surface area contributed by atoms with Gasteiger partial charge in [-0.05, 0) is 31.0 Å². The molecular formula is C15H16BrN3OS. The highest BCUT2D eigenvalue weighted by Crippen LogP contribution is 2.13. The number of nitrogens with one attached hydrogen (secondary N) is 1. The number of benzene rings is 1. The molecule has 0 saturated heterocycles. The van der Waals surface area contributed by atoms with E-state index in [-0.39, 0.29) is 12.3 Å². The van der Waals surface area contributed by atoms with Gasteiger partial charge in [0, 0.05) is 15.5 Å². The standard InChI is InChI=1S/C15H16BrN3OS/c1-3-13(11-5-4-6-12(16)7-11)18-19-14(20)8-15-17-10(2)9-21-15/h4-7,9H,3,8H2,1-2H3,(H,19,20)/b18-13-. The van der Waals surface area contributed by atoms with Crippen LogP contribution in [0.3, 0.4) is 0 Å². The van der Waals surface area contributed by atoms with Crippen molar-refractivity contribution in [2.45, 2.75) is 26.7 Å². The van der Waals surface area contributed by atoms with Gasteiger partial charge >= 0.3 is 0 Å². The summed E-state index contributed by atoms with van der Waals surface area (Å²) in [6, 6.07) is 7.87. The summed E-state index contributed by atoms with van der Waals surface area (Å²) in [4.78, 5) is 16.2. The molecule has 0 bridgehead atoms. The van der Waals surface area contributed by atoms with Crippen molar-refractivity contribution in [1.82, 2.24) is 10.4 Å². The van der Waals surface area contributed by atoms with Crippen LogP contribution in [-0.4, -0.2) is 16.6 Å². The van der Waals surface area contributed by atoms with E-state index >= 15 is 0 Å². The zero-order valence-electron chi connectivity index (χ0n) is 11.9. The summed E-state index contributed by atoms with van der Waals surface area (Å²) in [5.74, 6) is -0.148. The fourth-order valence-electron chi connectivity index (χ4n) is 1.81. The Morgan fingerprint density at radius 2 is 2.29 bits per heavy atom. The number of hydrogen-bond donors (Lipinski definition) is 1. The molecule has 1 aromatic heterocycles. The molecule has 6 heteroatoms. The number of aromatic nitrogens is 1. The molecule has 0 aliphatic rings. The summed E-state index contributed by atoms with van der Waals surface area (Å²) in [6.45, 7) is 3.93. The average Bonchev–Trinajstić information content (AvgIpc) is 2.85. The van der Waals surface area contributed by atoms with Crippen molar-refractivity contribution >= 4 is 38.9 Å². The molecule has 0 aliphatic carbocycles. The fourth-order valence-corrected chi connectivity index (χ4v) is 2.98. The summed E-state index contributed by atoms with van der Waals surface area (Å²) in [6.07, 6.45) is 1.00. The number of hydrazone groups is 1. The van der Waals surface area contributed by atoms with Crippen LogP contribution in [0, 0.1) is 6.92 Å². The quantitative estimate of drug-likeness (QED) is 0.648.